The molecule has 3 heterocycles. The van der Waals surface area contributed by atoms with Crippen LogP contribution in [0.5, 0.6) is 0 Å². The van der Waals surface area contributed by atoms with E-state index in [1.807, 2.05) is 20.8 Å². The third-order valence-electron chi connectivity index (χ3n) is 6.62. The van der Waals surface area contributed by atoms with Gasteiger partial charge >= 0.3 is 5.97 Å². The van der Waals surface area contributed by atoms with Crippen molar-refractivity contribution < 1.29 is 33.0 Å². The lowest BCUT2D eigenvalue weighted by Gasteiger charge is -2.34. The summed E-state index contributed by atoms with van der Waals surface area (Å²) in [6.07, 6.45) is 1.88. The Morgan fingerprint density at radius 1 is 1.21 bits per heavy atom. The number of carbonyl (C=O) groups is 3. The number of halogens is 1. The average Bonchev–Trinajstić information content (AvgIpc) is 3.26. The second-order valence-corrected chi connectivity index (χ2v) is 11.0. The predicted octanol–water partition coefficient (Wildman–Crippen LogP) is 4.64. The molecule has 1 saturated heterocycles. The Hall–Kier alpha value is -3.50. The Balaban J connectivity index is 1.37. The number of carbonyl (C=O) groups excluding carboxylic acids is 3. The molecule has 2 aliphatic rings. The van der Waals surface area contributed by atoms with E-state index in [0.717, 1.165) is 0 Å². The van der Waals surface area contributed by atoms with Crippen LogP contribution in [0.15, 0.2) is 18.2 Å². The maximum absolute atomic E-state index is 13.8. The van der Waals surface area contributed by atoms with Crippen LogP contribution in [-0.2, 0) is 23.8 Å². The van der Waals surface area contributed by atoms with E-state index in [4.69, 9.17) is 14.2 Å². The zero-order chi connectivity index (χ0) is 28.5. The average molecular weight is 542 g/mol. The maximum atomic E-state index is 13.8. The van der Waals surface area contributed by atoms with Crippen molar-refractivity contribution in [2.45, 2.75) is 84.9 Å². The topological polar surface area (TPSA) is 119 Å². The quantitative estimate of drug-likeness (QED) is 0.347. The van der Waals surface area contributed by atoms with Crippen molar-refractivity contribution in [1.82, 2.24) is 10.3 Å². The third-order valence-corrected chi connectivity index (χ3v) is 6.62. The van der Waals surface area contributed by atoms with Crippen molar-refractivity contribution >= 4 is 35.1 Å². The number of aromatic amines is 1. The number of amides is 2. The number of aromatic nitrogens is 1. The number of nitrogens with one attached hydrogen (secondary N) is 3. The van der Waals surface area contributed by atoms with Crippen LogP contribution >= 0.6 is 0 Å². The fraction of sp³-hybridized carbons (Fsp3) is 0.483. The van der Waals surface area contributed by atoms with Gasteiger partial charge in [0.05, 0.1) is 29.8 Å². The molecule has 0 bridgehead atoms. The molecule has 0 radical (unpaired) electrons. The van der Waals surface area contributed by atoms with Crippen molar-refractivity contribution in [2.75, 3.05) is 11.9 Å². The van der Waals surface area contributed by atoms with Gasteiger partial charge in [0, 0.05) is 35.6 Å². The monoisotopic (exact) mass is 541 g/mol. The summed E-state index contributed by atoms with van der Waals surface area (Å²) in [7, 11) is 0. The van der Waals surface area contributed by atoms with E-state index in [-0.39, 0.29) is 36.4 Å². The smallest absolute Gasteiger partial charge is 0.308 e. The van der Waals surface area contributed by atoms with Gasteiger partial charge in [-0.25, -0.2) is 4.39 Å². The van der Waals surface area contributed by atoms with Crippen molar-refractivity contribution in [2.24, 2.45) is 0 Å². The maximum Gasteiger partial charge on any atom is 0.308 e. The van der Waals surface area contributed by atoms with Gasteiger partial charge in [0.1, 0.15) is 11.4 Å². The molecular weight excluding hydrogens is 505 g/mol. The number of rotatable bonds is 7. The van der Waals surface area contributed by atoms with Gasteiger partial charge in [-0.15, -0.1) is 0 Å². The highest BCUT2D eigenvalue weighted by Gasteiger charge is 2.31. The van der Waals surface area contributed by atoms with Gasteiger partial charge < -0.3 is 29.8 Å². The van der Waals surface area contributed by atoms with Gasteiger partial charge in [0.15, 0.2) is 6.29 Å². The molecule has 1 aromatic heterocycles. The van der Waals surface area contributed by atoms with E-state index < -0.39 is 17.7 Å². The summed E-state index contributed by atoms with van der Waals surface area (Å²) in [5, 5.41) is 5.68. The van der Waals surface area contributed by atoms with Gasteiger partial charge in [0.25, 0.3) is 11.8 Å². The largest absolute Gasteiger partial charge is 0.460 e. The number of ether oxygens (including phenoxy) is 3. The summed E-state index contributed by atoms with van der Waals surface area (Å²) in [5.41, 5.74) is 3.22. The summed E-state index contributed by atoms with van der Waals surface area (Å²) in [6, 6.07) is 4.13. The van der Waals surface area contributed by atoms with Crippen LogP contribution in [0.3, 0.4) is 0 Å². The molecule has 9 nitrogen and oxygen atoms in total. The number of benzene rings is 1. The minimum Gasteiger partial charge on any atom is -0.460 e. The molecule has 0 aliphatic carbocycles. The Bertz CT molecular complexity index is 1310. The molecule has 3 N–H and O–H groups in total. The molecule has 1 aromatic carbocycles. The molecule has 2 aliphatic heterocycles. The summed E-state index contributed by atoms with van der Waals surface area (Å²) in [6.45, 7) is 11.2. The van der Waals surface area contributed by atoms with Gasteiger partial charge in [-0.1, -0.05) is 0 Å². The minimum atomic E-state index is -0.561. The molecule has 2 aromatic rings. The number of esters is 1. The number of fused-ring (bicyclic) bond motifs is 1. The standard InChI is InChI=1S/C29H36FN3O6/c1-15-24(14-22-21-11-18(30)7-8-23(21)33-27(22)35)32-16(2)26(15)28(36)31-10-9-19-12-20(38-17(3)37-19)13-25(34)39-29(4,5)6/h7-8,11,14,17,19-20,32H,9-10,12-13H2,1-6H3,(H,31,36)(H,33,35)/b22-14-. The van der Waals surface area contributed by atoms with Crippen molar-refractivity contribution in [1.29, 1.82) is 0 Å². The Labute approximate surface area is 227 Å². The Kier molecular flexibility index (Phi) is 8.27. The van der Waals surface area contributed by atoms with Crippen LogP contribution in [0.1, 0.15) is 79.8 Å². The molecule has 10 heteroatoms. The van der Waals surface area contributed by atoms with Crippen LogP contribution in [0.4, 0.5) is 10.1 Å². The van der Waals surface area contributed by atoms with E-state index >= 15 is 0 Å². The number of hydrogen-bond donors (Lipinski definition) is 3. The SMILES string of the molecule is Cc1[nH]c(/C=C2\C(=O)Nc3ccc(F)cc32)c(C)c1C(=O)NCCC1CC(CC(=O)OC(C)(C)C)OC(C)O1. The van der Waals surface area contributed by atoms with Gasteiger partial charge in [0.2, 0.25) is 0 Å². The summed E-state index contributed by atoms with van der Waals surface area (Å²) < 4.78 is 30.8. The molecule has 4 rings (SSSR count). The highest BCUT2D eigenvalue weighted by molar-refractivity contribution is 6.34. The van der Waals surface area contributed by atoms with Gasteiger partial charge in [-0.3, -0.25) is 14.4 Å². The first-order valence-electron chi connectivity index (χ1n) is 13.1. The Morgan fingerprint density at radius 3 is 2.64 bits per heavy atom. The van der Waals surface area contributed by atoms with E-state index in [2.05, 4.69) is 15.6 Å². The molecule has 3 atom stereocenters. The van der Waals surface area contributed by atoms with Crippen LogP contribution < -0.4 is 10.6 Å². The molecule has 0 saturated carbocycles. The minimum absolute atomic E-state index is 0.142. The summed E-state index contributed by atoms with van der Waals surface area (Å²) >= 11 is 0. The highest BCUT2D eigenvalue weighted by Crippen LogP contribution is 2.34. The van der Waals surface area contributed by atoms with Gasteiger partial charge in [-0.05, 0) is 77.8 Å². The van der Waals surface area contributed by atoms with Crippen molar-refractivity contribution in [3.8, 4) is 0 Å². The van der Waals surface area contributed by atoms with E-state index in [9.17, 15) is 18.8 Å². The second kappa shape index (κ2) is 11.3. The molecule has 3 unspecified atom stereocenters. The fourth-order valence-corrected chi connectivity index (χ4v) is 5.01. The first-order chi connectivity index (χ1) is 18.3. The van der Waals surface area contributed by atoms with Crippen LogP contribution in [0, 0.1) is 19.7 Å². The molecule has 39 heavy (non-hydrogen) atoms. The molecule has 210 valence electrons. The van der Waals surface area contributed by atoms with E-state index in [0.29, 0.717) is 58.7 Å². The highest BCUT2D eigenvalue weighted by atomic mass is 19.1. The normalized spacial score (nSPS) is 22.0. The van der Waals surface area contributed by atoms with Crippen molar-refractivity contribution in [3.63, 3.8) is 0 Å². The first kappa shape index (κ1) is 28.5. The van der Waals surface area contributed by atoms with Crippen LogP contribution in [-0.4, -0.2) is 53.4 Å². The molecular formula is C29H36FN3O6. The number of hydrogen-bond acceptors (Lipinski definition) is 6. The number of H-pyrrole nitrogens is 1. The molecule has 2 amide bonds. The molecule has 1 fully saturated rings. The van der Waals surface area contributed by atoms with Crippen molar-refractivity contribution in [3.05, 3.63) is 52.1 Å². The Morgan fingerprint density at radius 2 is 1.92 bits per heavy atom. The first-order valence-corrected chi connectivity index (χ1v) is 13.1. The van der Waals surface area contributed by atoms with E-state index in [1.54, 1.807) is 26.8 Å². The zero-order valence-corrected chi connectivity index (χ0v) is 23.2. The predicted molar refractivity (Wildman–Crippen MR) is 144 cm³/mol. The fourth-order valence-electron chi connectivity index (χ4n) is 5.01. The van der Waals surface area contributed by atoms with Gasteiger partial charge in [-0.2, -0.15) is 0 Å². The lowest BCUT2D eigenvalue weighted by Crippen LogP contribution is -2.40. The lowest BCUT2D eigenvalue weighted by atomic mass is 10.0. The summed E-state index contributed by atoms with van der Waals surface area (Å²) in [4.78, 5) is 41.0. The number of anilines is 1. The van der Waals surface area contributed by atoms with Crippen LogP contribution in [0.2, 0.25) is 0 Å². The zero-order valence-electron chi connectivity index (χ0n) is 23.2. The van der Waals surface area contributed by atoms with Crippen LogP contribution in [0.25, 0.3) is 11.6 Å². The summed E-state index contributed by atoms with van der Waals surface area (Å²) in [5.74, 6) is -1.33. The molecule has 0 spiro atoms. The van der Waals surface area contributed by atoms with E-state index in [1.165, 1.54) is 18.2 Å². The third kappa shape index (κ3) is 6.93. The lowest BCUT2D eigenvalue weighted by molar-refractivity contribution is -0.237. The number of aryl methyl sites for hydroxylation is 1. The second-order valence-electron chi connectivity index (χ2n) is 11.0.